The van der Waals surface area contributed by atoms with Gasteiger partial charge >= 0.3 is 16.6 Å². The van der Waals surface area contributed by atoms with Crippen molar-refractivity contribution in [3.05, 3.63) is 0 Å². The molecule has 0 amide bonds. The monoisotopic (exact) mass is 274 g/mol. The molecule has 0 saturated heterocycles. The van der Waals surface area contributed by atoms with Crippen LogP contribution in [0, 0.1) is 0 Å². The summed E-state index contributed by atoms with van der Waals surface area (Å²) in [7, 11) is -8.99. The lowest BCUT2D eigenvalue weighted by Gasteiger charge is -1.91. The first-order chi connectivity index (χ1) is 5.44. The normalized spacial score (nSPS) is 10.4. The Labute approximate surface area is 85.8 Å². The Morgan fingerprint density at radius 2 is 1.36 bits per heavy atom. The molecule has 0 radical (unpaired) electrons. The molecule has 0 bridgehead atoms. The maximum atomic E-state index is 9.89. The van der Waals surface area contributed by atoms with Gasteiger partial charge in [-0.3, -0.25) is 4.55 Å². The lowest BCUT2D eigenvalue weighted by atomic mass is 11.5. The van der Waals surface area contributed by atoms with E-state index in [2.05, 4.69) is 3.63 Å². The summed E-state index contributed by atoms with van der Waals surface area (Å²) < 4.78 is 49.8. The van der Waals surface area contributed by atoms with E-state index in [1.54, 1.807) is 0 Å². The molecule has 0 aliphatic rings. The van der Waals surface area contributed by atoms with E-state index in [0.29, 0.717) is 6.26 Å². The minimum Gasteiger partial charge on any atom is -0.450 e. The predicted octanol–water partition coefficient (Wildman–Crippen LogP) is -0.590. The van der Waals surface area contributed by atoms with Gasteiger partial charge in [0.15, 0.2) is 0 Å². The largest absolute Gasteiger partial charge is 0.503 e. The van der Waals surface area contributed by atoms with Crippen LogP contribution in [0.3, 0.4) is 0 Å². The maximum absolute atomic E-state index is 9.89. The molecule has 9 nitrogen and oxygen atoms in total. The fourth-order valence-electron chi connectivity index (χ4n) is 0.156. The van der Waals surface area contributed by atoms with E-state index in [0.717, 1.165) is 0 Å². The summed E-state index contributed by atoms with van der Waals surface area (Å²) in [4.78, 5) is 8.56. The molecule has 3 N–H and O–H groups in total. The molecular formula is C2H7ClO9S2. The van der Waals surface area contributed by atoms with Crippen LogP contribution in [-0.2, 0) is 24.1 Å². The zero-order chi connectivity index (χ0) is 11.3. The Bertz CT molecular complexity index is 316. The zero-order valence-electron chi connectivity index (χ0n) is 6.52. The van der Waals surface area contributed by atoms with Crippen LogP contribution >= 0.6 is 12.4 Å². The Balaban J connectivity index is -0.000000209. The fraction of sp³-hybridized carbons (Fsp3) is 0.500. The quantitative estimate of drug-likeness (QED) is 0.560. The second-order valence-corrected chi connectivity index (χ2v) is 4.29. The van der Waals surface area contributed by atoms with Gasteiger partial charge in [-0.1, -0.05) is 0 Å². The number of hydrogen-bond donors (Lipinski definition) is 3. The third kappa shape index (κ3) is 42.4. The first kappa shape index (κ1) is 19.0. The van der Waals surface area contributed by atoms with Crippen molar-refractivity contribution in [3.8, 4) is 0 Å². The van der Waals surface area contributed by atoms with Crippen LogP contribution in [0.2, 0.25) is 0 Å². The zero-order valence-corrected chi connectivity index (χ0v) is 8.97. The van der Waals surface area contributed by atoms with Gasteiger partial charge in [-0.2, -0.15) is 16.8 Å². The van der Waals surface area contributed by atoms with Crippen molar-refractivity contribution in [2.45, 2.75) is 0 Å². The Kier molecular flexibility index (Phi) is 9.21. The molecule has 0 aliphatic carbocycles. The minimum absolute atomic E-state index is 0. The molecule has 0 heterocycles. The number of hydrogen-bond acceptors (Lipinski definition) is 6. The molecule has 0 atom stereocenters. The van der Waals surface area contributed by atoms with Crippen molar-refractivity contribution in [2.24, 2.45) is 0 Å². The molecule has 0 unspecified atom stereocenters. The number of halogens is 1. The fourth-order valence-corrected chi connectivity index (χ4v) is 1.41. The van der Waals surface area contributed by atoms with Gasteiger partial charge < -0.3 is 10.2 Å². The van der Waals surface area contributed by atoms with E-state index in [4.69, 9.17) is 19.6 Å². The van der Waals surface area contributed by atoms with E-state index in [1.807, 2.05) is 0 Å². The van der Waals surface area contributed by atoms with Gasteiger partial charge in [0.2, 0.25) is 0 Å². The Morgan fingerprint density at radius 1 is 1.14 bits per heavy atom. The van der Waals surface area contributed by atoms with E-state index in [-0.39, 0.29) is 12.4 Å². The van der Waals surface area contributed by atoms with Crippen molar-refractivity contribution in [3.63, 3.8) is 0 Å². The summed E-state index contributed by atoms with van der Waals surface area (Å²) in [6, 6.07) is 0. The molecule has 0 rings (SSSR count). The molecule has 0 saturated carbocycles. The van der Waals surface area contributed by atoms with Crippen molar-refractivity contribution in [2.75, 3.05) is 6.26 Å². The van der Waals surface area contributed by atoms with Crippen LogP contribution in [0.1, 0.15) is 0 Å². The number of carbonyl (C=O) groups is 1. The van der Waals surface area contributed by atoms with Gasteiger partial charge in [0.05, 0.1) is 6.26 Å². The van der Waals surface area contributed by atoms with Gasteiger partial charge in [0.1, 0.15) is 0 Å². The highest BCUT2D eigenvalue weighted by Crippen LogP contribution is 1.92. The van der Waals surface area contributed by atoms with E-state index in [1.165, 1.54) is 0 Å². The number of carboxylic acid groups (broad SMARTS) is 2. The molecule has 0 spiro atoms. The Morgan fingerprint density at radius 3 is 1.36 bits per heavy atom. The maximum Gasteiger partial charge on any atom is 0.503 e. The summed E-state index contributed by atoms with van der Waals surface area (Å²) in [6.07, 6.45) is -1.33. The summed E-state index contributed by atoms with van der Waals surface area (Å²) in [5.74, 6) is 0. The van der Waals surface area contributed by atoms with Crippen molar-refractivity contribution < 1.29 is 40.0 Å². The SMILES string of the molecule is CS(=O)(=O)OS(=O)(=O)O.Cl.O=C(O)O. The van der Waals surface area contributed by atoms with Gasteiger partial charge in [-0.25, -0.2) is 4.79 Å². The number of rotatable bonds is 2. The van der Waals surface area contributed by atoms with Crippen LogP contribution in [0.5, 0.6) is 0 Å². The molecule has 0 aromatic heterocycles. The average molecular weight is 275 g/mol. The molecule has 88 valence electrons. The van der Waals surface area contributed by atoms with Crippen LogP contribution in [0.15, 0.2) is 0 Å². The van der Waals surface area contributed by atoms with Crippen LogP contribution < -0.4 is 0 Å². The van der Waals surface area contributed by atoms with Crippen molar-refractivity contribution in [1.82, 2.24) is 0 Å². The highest BCUT2D eigenvalue weighted by atomic mass is 35.5. The van der Waals surface area contributed by atoms with Crippen molar-refractivity contribution >= 4 is 39.1 Å². The summed E-state index contributed by atoms with van der Waals surface area (Å²) in [5, 5.41) is 13.9. The standard InChI is InChI=1S/CH4O6S2.CH2O3.ClH/c1-8(2,3)7-9(4,5)6;2-1(3)4;/h1H3,(H,4,5,6);(H2,2,3,4);1H. The highest BCUT2D eigenvalue weighted by molar-refractivity contribution is 7.97. The first-order valence-corrected chi connectivity index (χ1v) is 5.42. The summed E-state index contributed by atoms with van der Waals surface area (Å²) >= 11 is 0. The van der Waals surface area contributed by atoms with E-state index in [9.17, 15) is 16.8 Å². The molecule has 14 heavy (non-hydrogen) atoms. The molecule has 12 heteroatoms. The third-order valence-corrected chi connectivity index (χ3v) is 1.89. The molecule has 0 fully saturated rings. The lowest BCUT2D eigenvalue weighted by Crippen LogP contribution is -2.09. The molecule has 0 aromatic carbocycles. The predicted molar refractivity (Wildman–Crippen MR) is 45.4 cm³/mol. The molecule has 0 aliphatic heterocycles. The van der Waals surface area contributed by atoms with Crippen molar-refractivity contribution in [1.29, 1.82) is 0 Å². The first-order valence-electron chi connectivity index (χ1n) is 2.24. The van der Waals surface area contributed by atoms with Crippen LogP contribution in [-0.4, -0.2) is 44.0 Å². The molecule has 0 aromatic rings. The third-order valence-electron chi connectivity index (χ3n) is 0.210. The van der Waals surface area contributed by atoms with Crippen LogP contribution in [0.25, 0.3) is 0 Å². The second-order valence-electron chi connectivity index (χ2n) is 1.48. The van der Waals surface area contributed by atoms with Gasteiger partial charge in [0.25, 0.3) is 10.1 Å². The molecular weight excluding hydrogens is 268 g/mol. The van der Waals surface area contributed by atoms with Gasteiger partial charge in [-0.05, 0) is 0 Å². The topological polar surface area (TPSA) is 155 Å². The lowest BCUT2D eigenvalue weighted by molar-refractivity contribution is 0.137. The van der Waals surface area contributed by atoms with Gasteiger partial charge in [-0.15, -0.1) is 16.0 Å². The van der Waals surface area contributed by atoms with E-state index < -0.39 is 26.7 Å². The van der Waals surface area contributed by atoms with E-state index >= 15 is 0 Å². The average Bonchev–Trinajstić information content (AvgIpc) is 1.47. The Hall–Kier alpha value is -0.620. The minimum atomic E-state index is -4.87. The summed E-state index contributed by atoms with van der Waals surface area (Å²) in [6.45, 7) is 0. The second kappa shape index (κ2) is 6.78. The highest BCUT2D eigenvalue weighted by Gasteiger charge is 2.13. The summed E-state index contributed by atoms with van der Waals surface area (Å²) in [5.41, 5.74) is 0. The van der Waals surface area contributed by atoms with Crippen LogP contribution in [0.4, 0.5) is 4.79 Å². The smallest absolute Gasteiger partial charge is 0.450 e. The van der Waals surface area contributed by atoms with Gasteiger partial charge in [0, 0.05) is 0 Å².